The lowest BCUT2D eigenvalue weighted by Crippen LogP contribution is -2.33. The summed E-state index contributed by atoms with van der Waals surface area (Å²) in [4.78, 5) is 30.9. The molecule has 1 aliphatic heterocycles. The van der Waals surface area contributed by atoms with Gasteiger partial charge >= 0.3 is 0 Å². The van der Waals surface area contributed by atoms with E-state index in [0.29, 0.717) is 5.75 Å². The van der Waals surface area contributed by atoms with Crippen molar-refractivity contribution in [2.24, 2.45) is 0 Å². The van der Waals surface area contributed by atoms with Crippen LogP contribution in [0.1, 0.15) is 48.5 Å². The minimum atomic E-state index is -0.176. The van der Waals surface area contributed by atoms with Crippen molar-refractivity contribution in [3.8, 4) is 5.75 Å². The van der Waals surface area contributed by atoms with Crippen molar-refractivity contribution in [2.75, 3.05) is 19.7 Å². The van der Waals surface area contributed by atoms with Gasteiger partial charge in [-0.2, -0.15) is 0 Å². The highest BCUT2D eigenvalue weighted by molar-refractivity contribution is 7.09. The number of aromatic nitrogens is 1. The lowest BCUT2D eigenvalue weighted by Gasteiger charge is -2.21. The Bertz CT molecular complexity index is 815. The van der Waals surface area contributed by atoms with Crippen LogP contribution < -0.4 is 10.1 Å². The number of benzene rings is 1. The van der Waals surface area contributed by atoms with Gasteiger partial charge in [0.2, 0.25) is 5.91 Å². The van der Waals surface area contributed by atoms with Gasteiger partial charge in [0, 0.05) is 24.0 Å². The summed E-state index contributed by atoms with van der Waals surface area (Å²) in [5, 5.41) is 5.94. The van der Waals surface area contributed by atoms with Crippen molar-refractivity contribution < 1.29 is 14.3 Å². The minimum absolute atomic E-state index is 0.0169. The number of hydrogen-bond donors (Lipinski definition) is 1. The van der Waals surface area contributed by atoms with Crippen LogP contribution in [0.15, 0.2) is 29.6 Å². The molecule has 1 aromatic heterocycles. The molecule has 150 valence electrons. The Balaban J connectivity index is 1.63. The Morgan fingerprint density at radius 3 is 2.71 bits per heavy atom. The molecule has 1 aromatic carbocycles. The number of amides is 2. The predicted octanol–water partition coefficient (Wildman–Crippen LogP) is 3.26. The molecule has 28 heavy (non-hydrogen) atoms. The maximum Gasteiger partial charge on any atom is 0.260 e. The fourth-order valence-electron chi connectivity index (χ4n) is 3.40. The lowest BCUT2D eigenvalue weighted by atomic mass is 10.0. The molecule has 0 spiro atoms. The number of aryl methyl sites for hydroxylation is 1. The van der Waals surface area contributed by atoms with Crippen molar-refractivity contribution in [3.63, 3.8) is 0 Å². The fraction of sp³-hybridized carbons (Fsp3) is 0.476. The molecule has 1 N–H and O–H groups in total. The van der Waals surface area contributed by atoms with Crippen molar-refractivity contribution in [2.45, 2.75) is 45.6 Å². The third-order valence-electron chi connectivity index (χ3n) is 4.86. The fourth-order valence-corrected chi connectivity index (χ4v) is 4.01. The molecule has 1 unspecified atom stereocenters. The first-order valence-corrected chi connectivity index (χ1v) is 10.6. The van der Waals surface area contributed by atoms with E-state index < -0.39 is 0 Å². The summed E-state index contributed by atoms with van der Waals surface area (Å²) in [5.74, 6) is 0.593. The largest absolute Gasteiger partial charge is 0.483 e. The van der Waals surface area contributed by atoms with Crippen LogP contribution in [0.2, 0.25) is 0 Å². The summed E-state index contributed by atoms with van der Waals surface area (Å²) in [6, 6.07) is 7.42. The molecule has 1 fully saturated rings. The number of hydrogen-bond acceptors (Lipinski definition) is 5. The quantitative estimate of drug-likeness (QED) is 0.737. The molecule has 3 rings (SSSR count). The van der Waals surface area contributed by atoms with Crippen LogP contribution in [0.4, 0.5) is 0 Å². The highest BCUT2D eigenvalue weighted by Gasteiger charge is 2.21. The van der Waals surface area contributed by atoms with Crippen LogP contribution >= 0.6 is 11.3 Å². The van der Waals surface area contributed by atoms with Crippen LogP contribution in [0, 0.1) is 6.92 Å². The molecule has 2 heterocycles. The van der Waals surface area contributed by atoms with Crippen LogP contribution in [-0.4, -0.2) is 41.4 Å². The molecule has 1 saturated heterocycles. The minimum Gasteiger partial charge on any atom is -0.483 e. The molecule has 2 amide bonds. The van der Waals surface area contributed by atoms with Gasteiger partial charge < -0.3 is 15.0 Å². The molecule has 6 nitrogen and oxygen atoms in total. The predicted molar refractivity (Wildman–Crippen MR) is 109 cm³/mol. The molecule has 0 aliphatic carbocycles. The maximum atomic E-state index is 12.5. The van der Waals surface area contributed by atoms with Crippen LogP contribution in [-0.2, 0) is 16.0 Å². The Morgan fingerprint density at radius 2 is 2.04 bits per heavy atom. The van der Waals surface area contributed by atoms with Gasteiger partial charge in [-0.15, -0.1) is 11.3 Å². The second kappa shape index (κ2) is 9.68. The highest BCUT2D eigenvalue weighted by atomic mass is 32.1. The number of ether oxygens (including phenoxy) is 1. The van der Waals surface area contributed by atoms with E-state index in [2.05, 4.69) is 10.3 Å². The maximum absolute atomic E-state index is 12.5. The number of nitrogens with zero attached hydrogens (tertiary/aromatic N) is 2. The molecular formula is C21H27N3O3S. The van der Waals surface area contributed by atoms with Gasteiger partial charge in [0.15, 0.2) is 6.61 Å². The zero-order chi connectivity index (χ0) is 19.9. The average Bonchev–Trinajstić information content (AvgIpc) is 3.36. The zero-order valence-electron chi connectivity index (χ0n) is 16.4. The van der Waals surface area contributed by atoms with Gasteiger partial charge in [-0.3, -0.25) is 9.59 Å². The molecule has 0 radical (unpaired) electrons. The van der Waals surface area contributed by atoms with E-state index in [1.807, 2.05) is 48.4 Å². The molecule has 2 aromatic rings. The Kier molecular flexibility index (Phi) is 7.03. The normalized spacial score (nSPS) is 14.7. The summed E-state index contributed by atoms with van der Waals surface area (Å²) < 4.78 is 5.84. The Labute approximate surface area is 169 Å². The number of carbonyl (C=O) groups excluding carboxylic acids is 2. The van der Waals surface area contributed by atoms with E-state index >= 15 is 0 Å². The standard InChI is InChI=1S/C21H27N3O3S/c1-3-18(23-20(25)12-16-14-28-15(2)22-16)17-8-4-5-9-19(17)27-13-21(26)24-10-6-7-11-24/h4-5,8-9,14,18H,3,6-7,10-13H2,1-2H3,(H,23,25). The van der Waals surface area contributed by atoms with Gasteiger partial charge in [-0.1, -0.05) is 25.1 Å². The smallest absolute Gasteiger partial charge is 0.260 e. The first kappa shape index (κ1) is 20.3. The second-order valence-electron chi connectivity index (χ2n) is 6.98. The third-order valence-corrected chi connectivity index (χ3v) is 5.68. The molecule has 1 atom stereocenters. The van der Waals surface area contributed by atoms with E-state index in [4.69, 9.17) is 4.74 Å². The number of rotatable bonds is 8. The second-order valence-corrected chi connectivity index (χ2v) is 8.04. The van der Waals surface area contributed by atoms with Gasteiger partial charge in [0.05, 0.1) is 23.2 Å². The van der Waals surface area contributed by atoms with Crippen molar-refractivity contribution >= 4 is 23.2 Å². The molecule has 7 heteroatoms. The van der Waals surface area contributed by atoms with E-state index in [9.17, 15) is 9.59 Å². The molecule has 1 aliphatic rings. The number of para-hydroxylation sites is 1. The molecular weight excluding hydrogens is 374 g/mol. The number of thiazole rings is 1. The summed E-state index contributed by atoms with van der Waals surface area (Å²) in [6.45, 7) is 5.60. The van der Waals surface area contributed by atoms with Gasteiger partial charge in [0.1, 0.15) is 5.75 Å². The zero-order valence-corrected chi connectivity index (χ0v) is 17.3. The lowest BCUT2D eigenvalue weighted by molar-refractivity contribution is -0.132. The summed E-state index contributed by atoms with van der Waals surface area (Å²) in [7, 11) is 0. The van der Waals surface area contributed by atoms with Crippen molar-refractivity contribution in [1.82, 2.24) is 15.2 Å². The topological polar surface area (TPSA) is 71.5 Å². The Morgan fingerprint density at radius 1 is 1.29 bits per heavy atom. The summed E-state index contributed by atoms with van der Waals surface area (Å²) in [6.07, 6.45) is 3.11. The molecule has 0 bridgehead atoms. The number of carbonyl (C=O) groups is 2. The number of likely N-dealkylation sites (tertiary alicyclic amines) is 1. The van der Waals surface area contributed by atoms with E-state index in [-0.39, 0.29) is 30.9 Å². The van der Waals surface area contributed by atoms with E-state index in [1.54, 1.807) is 11.3 Å². The van der Waals surface area contributed by atoms with Gasteiger partial charge in [-0.05, 0) is 32.3 Å². The average molecular weight is 402 g/mol. The van der Waals surface area contributed by atoms with Crippen molar-refractivity contribution in [1.29, 1.82) is 0 Å². The third kappa shape index (κ3) is 5.32. The Hall–Kier alpha value is -2.41. The van der Waals surface area contributed by atoms with Crippen LogP contribution in [0.5, 0.6) is 5.75 Å². The van der Waals surface area contributed by atoms with E-state index in [1.165, 1.54) is 0 Å². The van der Waals surface area contributed by atoms with Gasteiger partial charge in [0.25, 0.3) is 5.91 Å². The van der Waals surface area contributed by atoms with Crippen LogP contribution in [0.25, 0.3) is 0 Å². The summed E-state index contributed by atoms with van der Waals surface area (Å²) in [5.41, 5.74) is 1.68. The van der Waals surface area contributed by atoms with E-state index in [0.717, 1.165) is 48.6 Å². The first-order valence-electron chi connectivity index (χ1n) is 9.76. The monoisotopic (exact) mass is 401 g/mol. The van der Waals surface area contributed by atoms with Crippen molar-refractivity contribution in [3.05, 3.63) is 45.9 Å². The molecule has 0 saturated carbocycles. The van der Waals surface area contributed by atoms with Crippen LogP contribution in [0.3, 0.4) is 0 Å². The summed E-state index contributed by atoms with van der Waals surface area (Å²) >= 11 is 1.54. The number of nitrogens with one attached hydrogen (secondary N) is 1. The van der Waals surface area contributed by atoms with Gasteiger partial charge in [-0.25, -0.2) is 4.98 Å². The first-order chi connectivity index (χ1) is 13.6. The highest BCUT2D eigenvalue weighted by Crippen LogP contribution is 2.27. The SMILES string of the molecule is CCC(NC(=O)Cc1csc(C)n1)c1ccccc1OCC(=O)N1CCCC1.